The molecule has 0 radical (unpaired) electrons. The Morgan fingerprint density at radius 2 is 2.10 bits per heavy atom. The minimum absolute atomic E-state index is 0.0773. The molecule has 1 aliphatic rings. The van der Waals surface area contributed by atoms with Crippen molar-refractivity contribution in [2.24, 2.45) is 17.6 Å². The minimum atomic E-state index is 0.0773. The summed E-state index contributed by atoms with van der Waals surface area (Å²) in [4.78, 5) is 2.60. The molecule has 1 heterocycles. The number of rotatable bonds is 4. The van der Waals surface area contributed by atoms with E-state index in [0.717, 1.165) is 35.4 Å². The van der Waals surface area contributed by atoms with Crippen LogP contribution in [0.25, 0.3) is 0 Å². The maximum absolute atomic E-state index is 6.31. The summed E-state index contributed by atoms with van der Waals surface area (Å²) in [6, 6.07) is 8.67. The highest BCUT2D eigenvalue weighted by Gasteiger charge is 2.28. The highest BCUT2D eigenvalue weighted by atomic mass is 35.5. The van der Waals surface area contributed by atoms with Gasteiger partial charge < -0.3 is 10.6 Å². The molecule has 4 atom stereocenters. The summed E-state index contributed by atoms with van der Waals surface area (Å²) < 4.78 is 0. The second-order valence-electron chi connectivity index (χ2n) is 6.50. The van der Waals surface area contributed by atoms with Crippen molar-refractivity contribution in [2.75, 3.05) is 13.1 Å². The average Bonchev–Trinajstić information content (AvgIpc) is 2.40. The van der Waals surface area contributed by atoms with Crippen molar-refractivity contribution >= 4 is 11.6 Å². The lowest BCUT2D eigenvalue weighted by atomic mass is 9.85. The number of nitrogens with zero attached hydrogens (tertiary/aromatic N) is 1. The summed E-state index contributed by atoms with van der Waals surface area (Å²) >= 11 is 6.03. The summed E-state index contributed by atoms with van der Waals surface area (Å²) in [5, 5.41) is 0.770. The maximum Gasteiger partial charge on any atom is 0.0409 e. The molecule has 1 fully saturated rings. The monoisotopic (exact) mass is 294 g/mol. The number of piperidine rings is 1. The van der Waals surface area contributed by atoms with Crippen LogP contribution in [-0.4, -0.2) is 24.0 Å². The van der Waals surface area contributed by atoms with Crippen LogP contribution in [0.1, 0.15) is 45.2 Å². The predicted octanol–water partition coefficient (Wildman–Crippen LogP) is 4.10. The molecule has 0 aromatic heterocycles. The van der Waals surface area contributed by atoms with E-state index >= 15 is 0 Å². The fourth-order valence-electron chi connectivity index (χ4n) is 3.34. The third-order valence-corrected chi connectivity index (χ3v) is 4.96. The van der Waals surface area contributed by atoms with Crippen molar-refractivity contribution in [3.8, 4) is 0 Å². The zero-order valence-electron chi connectivity index (χ0n) is 12.8. The Morgan fingerprint density at radius 3 is 2.80 bits per heavy atom. The summed E-state index contributed by atoms with van der Waals surface area (Å²) in [6.45, 7) is 9.34. The molecule has 4 unspecified atom stereocenters. The first-order chi connectivity index (χ1) is 9.47. The Balaban J connectivity index is 1.91. The fourth-order valence-corrected chi connectivity index (χ4v) is 3.54. The normalized spacial score (nSPS) is 29.4. The van der Waals surface area contributed by atoms with Gasteiger partial charge in [-0.1, -0.05) is 37.6 Å². The van der Waals surface area contributed by atoms with Crippen molar-refractivity contribution in [3.05, 3.63) is 34.9 Å². The van der Waals surface area contributed by atoms with Crippen LogP contribution >= 0.6 is 11.6 Å². The first-order valence-electron chi connectivity index (χ1n) is 7.72. The third-order valence-electron chi connectivity index (χ3n) is 4.72. The van der Waals surface area contributed by atoms with Gasteiger partial charge in [0.1, 0.15) is 0 Å². The molecule has 2 nitrogen and oxygen atoms in total. The summed E-state index contributed by atoms with van der Waals surface area (Å²) in [7, 11) is 0. The number of nitrogens with two attached hydrogens (primary N) is 1. The van der Waals surface area contributed by atoms with Gasteiger partial charge >= 0.3 is 0 Å². The molecule has 20 heavy (non-hydrogen) atoms. The zero-order chi connectivity index (χ0) is 14.7. The van der Waals surface area contributed by atoms with E-state index in [9.17, 15) is 0 Å². The molecule has 2 N–H and O–H groups in total. The van der Waals surface area contributed by atoms with Crippen LogP contribution in [0.15, 0.2) is 24.3 Å². The van der Waals surface area contributed by atoms with Crippen molar-refractivity contribution in [1.82, 2.24) is 4.90 Å². The van der Waals surface area contributed by atoms with Crippen LogP contribution in [0.5, 0.6) is 0 Å². The molecule has 112 valence electrons. The molecule has 0 spiro atoms. The van der Waals surface area contributed by atoms with Gasteiger partial charge in [0.15, 0.2) is 0 Å². The number of halogens is 1. The quantitative estimate of drug-likeness (QED) is 0.906. The summed E-state index contributed by atoms with van der Waals surface area (Å²) in [5.74, 6) is 1.57. The fraction of sp³-hybridized carbons (Fsp3) is 0.647. The third kappa shape index (κ3) is 3.97. The van der Waals surface area contributed by atoms with Crippen LogP contribution in [0.3, 0.4) is 0 Å². The number of benzene rings is 1. The Hall–Kier alpha value is -0.570. The molecule has 2 rings (SSSR count). The van der Waals surface area contributed by atoms with Gasteiger partial charge in [0.25, 0.3) is 0 Å². The number of hydrogen-bond acceptors (Lipinski definition) is 2. The van der Waals surface area contributed by atoms with Crippen LogP contribution in [0.2, 0.25) is 5.02 Å². The molecule has 1 aliphatic heterocycles. The van der Waals surface area contributed by atoms with Crippen molar-refractivity contribution in [1.29, 1.82) is 0 Å². The highest BCUT2D eigenvalue weighted by molar-refractivity contribution is 6.30. The van der Waals surface area contributed by atoms with E-state index in [0.29, 0.717) is 6.04 Å². The van der Waals surface area contributed by atoms with E-state index in [1.54, 1.807) is 0 Å². The summed E-state index contributed by atoms with van der Waals surface area (Å²) in [5.41, 5.74) is 7.45. The molecular formula is C17H27ClN2. The molecule has 0 amide bonds. The van der Waals surface area contributed by atoms with Crippen molar-refractivity contribution < 1.29 is 0 Å². The Kier molecular flexibility index (Phi) is 5.48. The topological polar surface area (TPSA) is 29.3 Å². The van der Waals surface area contributed by atoms with E-state index in [-0.39, 0.29) is 6.04 Å². The van der Waals surface area contributed by atoms with E-state index in [4.69, 9.17) is 17.3 Å². The minimum Gasteiger partial charge on any atom is -0.324 e. The van der Waals surface area contributed by atoms with Gasteiger partial charge in [0, 0.05) is 30.2 Å². The molecule has 3 heteroatoms. The molecule has 1 aromatic rings. The zero-order valence-corrected chi connectivity index (χ0v) is 13.6. The first kappa shape index (κ1) is 15.8. The second-order valence-corrected chi connectivity index (χ2v) is 6.94. The molecular weight excluding hydrogens is 268 g/mol. The lowest BCUT2D eigenvalue weighted by Crippen LogP contribution is -2.46. The van der Waals surface area contributed by atoms with Crippen molar-refractivity contribution in [3.63, 3.8) is 0 Å². The van der Waals surface area contributed by atoms with Crippen molar-refractivity contribution in [2.45, 2.75) is 45.7 Å². The standard InChI is InChI=1S/C17H27ClN2/c1-12-9-13(2)14(3)20(11-12)8-7-17(19)15-5-4-6-16(18)10-15/h4-6,10,12-14,17H,7-9,11,19H2,1-3H3. The summed E-state index contributed by atoms with van der Waals surface area (Å²) in [6.07, 6.45) is 2.34. The number of likely N-dealkylation sites (tertiary alicyclic amines) is 1. The Bertz CT molecular complexity index is 435. The molecule has 0 aliphatic carbocycles. The van der Waals surface area contributed by atoms with Gasteiger partial charge in [-0.15, -0.1) is 0 Å². The Morgan fingerprint density at radius 1 is 1.35 bits per heavy atom. The van der Waals surface area contributed by atoms with Gasteiger partial charge in [-0.3, -0.25) is 0 Å². The molecule has 1 saturated heterocycles. The lowest BCUT2D eigenvalue weighted by Gasteiger charge is -2.41. The van der Waals surface area contributed by atoms with Crippen LogP contribution in [0, 0.1) is 11.8 Å². The molecule has 1 aromatic carbocycles. The van der Waals surface area contributed by atoms with Crippen LogP contribution < -0.4 is 5.73 Å². The SMILES string of the molecule is CC1CC(C)C(C)N(CCC(N)c2cccc(Cl)c2)C1. The predicted molar refractivity (Wildman–Crippen MR) is 87.0 cm³/mol. The van der Waals surface area contributed by atoms with Crippen LogP contribution in [0.4, 0.5) is 0 Å². The lowest BCUT2D eigenvalue weighted by molar-refractivity contribution is 0.0770. The van der Waals surface area contributed by atoms with Gasteiger partial charge in [-0.05, 0) is 49.3 Å². The number of hydrogen-bond donors (Lipinski definition) is 1. The van der Waals surface area contributed by atoms with E-state index < -0.39 is 0 Å². The second kappa shape index (κ2) is 6.93. The largest absolute Gasteiger partial charge is 0.324 e. The average molecular weight is 295 g/mol. The van der Waals surface area contributed by atoms with E-state index in [1.165, 1.54) is 13.0 Å². The van der Waals surface area contributed by atoms with Gasteiger partial charge in [0.05, 0.1) is 0 Å². The molecule has 0 saturated carbocycles. The smallest absolute Gasteiger partial charge is 0.0409 e. The van der Waals surface area contributed by atoms with Gasteiger partial charge in [0.2, 0.25) is 0 Å². The van der Waals surface area contributed by atoms with Gasteiger partial charge in [-0.2, -0.15) is 0 Å². The van der Waals surface area contributed by atoms with Crippen LogP contribution in [-0.2, 0) is 0 Å². The molecule has 0 bridgehead atoms. The van der Waals surface area contributed by atoms with E-state index in [1.807, 2.05) is 18.2 Å². The Labute approximate surface area is 128 Å². The highest BCUT2D eigenvalue weighted by Crippen LogP contribution is 2.28. The van der Waals surface area contributed by atoms with Gasteiger partial charge in [-0.25, -0.2) is 0 Å². The van der Waals surface area contributed by atoms with E-state index in [2.05, 4.69) is 31.7 Å². The maximum atomic E-state index is 6.31. The first-order valence-corrected chi connectivity index (χ1v) is 8.10.